The first-order valence-corrected chi connectivity index (χ1v) is 9.00. The first-order valence-electron chi connectivity index (χ1n) is 8.18. The average molecular weight is 293 g/mol. The van der Waals surface area contributed by atoms with E-state index in [1.54, 1.807) is 0 Å². The molecule has 0 saturated carbocycles. The predicted octanol–water partition coefficient (Wildman–Crippen LogP) is 3.12. The van der Waals surface area contributed by atoms with Gasteiger partial charge in [-0.1, -0.05) is 6.42 Å². The second-order valence-electron chi connectivity index (χ2n) is 6.35. The van der Waals surface area contributed by atoms with Gasteiger partial charge in [0.2, 0.25) is 0 Å². The molecule has 0 amide bonds. The summed E-state index contributed by atoms with van der Waals surface area (Å²) in [5, 5.41) is 1.37. The van der Waals surface area contributed by atoms with Crippen molar-refractivity contribution in [2.75, 3.05) is 39.3 Å². The highest BCUT2D eigenvalue weighted by atomic mass is 32.1. The summed E-state index contributed by atoms with van der Waals surface area (Å²) in [6.07, 6.45) is 8.94. The fraction of sp³-hybridized carbons (Fsp3) is 0.812. The van der Waals surface area contributed by atoms with Crippen LogP contribution in [0.4, 0.5) is 0 Å². The molecule has 0 N–H and O–H groups in total. The predicted molar refractivity (Wildman–Crippen MR) is 85.6 cm³/mol. The summed E-state index contributed by atoms with van der Waals surface area (Å²) in [4.78, 5) is 11.3. The highest BCUT2D eigenvalue weighted by Crippen LogP contribution is 2.29. The van der Waals surface area contributed by atoms with Crippen molar-refractivity contribution in [3.63, 3.8) is 0 Å². The van der Waals surface area contributed by atoms with Gasteiger partial charge < -0.3 is 9.80 Å². The zero-order chi connectivity index (χ0) is 13.8. The molecule has 0 aliphatic carbocycles. The van der Waals surface area contributed by atoms with Gasteiger partial charge in [-0.15, -0.1) is 11.3 Å². The molecule has 1 atom stereocenters. The minimum absolute atomic E-state index is 0.684. The molecule has 112 valence electrons. The maximum atomic E-state index is 4.61. The molecule has 1 aromatic rings. The van der Waals surface area contributed by atoms with E-state index in [9.17, 15) is 0 Å². The van der Waals surface area contributed by atoms with E-state index in [4.69, 9.17) is 0 Å². The molecule has 1 aromatic heterocycles. The van der Waals surface area contributed by atoms with Gasteiger partial charge in [-0.25, -0.2) is 4.98 Å². The Hall–Kier alpha value is -0.450. The van der Waals surface area contributed by atoms with E-state index in [0.29, 0.717) is 5.92 Å². The second-order valence-corrected chi connectivity index (χ2v) is 7.62. The van der Waals surface area contributed by atoms with Gasteiger partial charge in [-0.2, -0.15) is 0 Å². The largest absolute Gasteiger partial charge is 0.302 e. The highest BCUT2D eigenvalue weighted by Gasteiger charge is 2.23. The molecule has 3 heterocycles. The summed E-state index contributed by atoms with van der Waals surface area (Å²) in [5.74, 6) is 0.684. The molecule has 2 saturated heterocycles. The van der Waals surface area contributed by atoms with Gasteiger partial charge in [0, 0.05) is 36.6 Å². The molecule has 20 heavy (non-hydrogen) atoms. The molecule has 1 unspecified atom stereocenters. The lowest BCUT2D eigenvalue weighted by molar-refractivity contribution is 0.157. The maximum absolute atomic E-state index is 4.61. The zero-order valence-corrected chi connectivity index (χ0v) is 13.5. The zero-order valence-electron chi connectivity index (χ0n) is 12.7. The molecule has 0 spiro atoms. The standard InChI is InChI=1S/C16H27N3S/c1-14-12-17-16(20-14)15-6-5-9-19(13-15)11-10-18-7-3-2-4-8-18/h12,15H,2-11,13H2,1H3. The van der Waals surface area contributed by atoms with E-state index in [1.807, 2.05) is 17.5 Å². The van der Waals surface area contributed by atoms with Gasteiger partial charge in [-0.05, 0) is 52.2 Å². The van der Waals surface area contributed by atoms with Crippen LogP contribution in [0.15, 0.2) is 6.20 Å². The first-order chi connectivity index (χ1) is 9.81. The summed E-state index contributed by atoms with van der Waals surface area (Å²) in [6, 6.07) is 0. The number of hydrogen-bond acceptors (Lipinski definition) is 4. The van der Waals surface area contributed by atoms with Crippen LogP contribution < -0.4 is 0 Å². The third-order valence-corrected chi connectivity index (χ3v) is 5.75. The summed E-state index contributed by atoms with van der Waals surface area (Å²) in [6.45, 7) is 9.84. The highest BCUT2D eigenvalue weighted by molar-refractivity contribution is 7.11. The molecular formula is C16H27N3S. The Morgan fingerprint density at radius 1 is 1.10 bits per heavy atom. The maximum Gasteiger partial charge on any atom is 0.0971 e. The van der Waals surface area contributed by atoms with E-state index in [1.165, 1.54) is 81.3 Å². The van der Waals surface area contributed by atoms with Crippen molar-refractivity contribution in [3.8, 4) is 0 Å². The lowest BCUT2D eigenvalue weighted by Gasteiger charge is -2.34. The van der Waals surface area contributed by atoms with Gasteiger partial charge >= 0.3 is 0 Å². The fourth-order valence-electron chi connectivity index (χ4n) is 3.49. The molecule has 0 radical (unpaired) electrons. The SMILES string of the molecule is Cc1cnc(C2CCCN(CCN3CCCCC3)C2)s1. The second kappa shape index (κ2) is 7.01. The van der Waals surface area contributed by atoms with E-state index < -0.39 is 0 Å². The average Bonchev–Trinajstić information content (AvgIpc) is 2.93. The minimum Gasteiger partial charge on any atom is -0.302 e. The van der Waals surface area contributed by atoms with Crippen LogP contribution >= 0.6 is 11.3 Å². The smallest absolute Gasteiger partial charge is 0.0971 e. The quantitative estimate of drug-likeness (QED) is 0.850. The van der Waals surface area contributed by atoms with Gasteiger partial charge in [0.05, 0.1) is 5.01 Å². The number of thiazole rings is 1. The Morgan fingerprint density at radius 2 is 1.85 bits per heavy atom. The normalized spacial score (nSPS) is 25.9. The van der Waals surface area contributed by atoms with Crippen molar-refractivity contribution in [3.05, 3.63) is 16.1 Å². The van der Waals surface area contributed by atoms with Crippen LogP contribution in [0.1, 0.15) is 47.9 Å². The third-order valence-electron chi connectivity index (χ3n) is 4.68. The van der Waals surface area contributed by atoms with Crippen LogP contribution in [0.5, 0.6) is 0 Å². The van der Waals surface area contributed by atoms with Crippen LogP contribution in [0.3, 0.4) is 0 Å². The topological polar surface area (TPSA) is 19.4 Å². The summed E-state index contributed by atoms with van der Waals surface area (Å²) in [7, 11) is 0. The number of piperidine rings is 2. The number of rotatable bonds is 4. The van der Waals surface area contributed by atoms with Crippen LogP contribution in [-0.2, 0) is 0 Å². The number of likely N-dealkylation sites (tertiary alicyclic amines) is 2. The van der Waals surface area contributed by atoms with Gasteiger partial charge in [0.1, 0.15) is 0 Å². The molecule has 3 rings (SSSR count). The van der Waals surface area contributed by atoms with Crippen molar-refractivity contribution in [2.45, 2.75) is 44.9 Å². The molecule has 0 bridgehead atoms. The number of hydrogen-bond donors (Lipinski definition) is 0. The van der Waals surface area contributed by atoms with Gasteiger partial charge in [-0.3, -0.25) is 0 Å². The van der Waals surface area contributed by atoms with Gasteiger partial charge in [0.15, 0.2) is 0 Å². The third kappa shape index (κ3) is 3.80. The molecule has 2 fully saturated rings. The summed E-state index contributed by atoms with van der Waals surface area (Å²) in [5.41, 5.74) is 0. The number of nitrogens with zero attached hydrogens (tertiary/aromatic N) is 3. The van der Waals surface area contributed by atoms with Crippen molar-refractivity contribution in [2.24, 2.45) is 0 Å². The van der Waals surface area contributed by atoms with Crippen LogP contribution in [0.25, 0.3) is 0 Å². The Kier molecular flexibility index (Phi) is 5.08. The molecule has 3 nitrogen and oxygen atoms in total. The van der Waals surface area contributed by atoms with E-state index in [0.717, 1.165) is 0 Å². The lowest BCUT2D eigenvalue weighted by Crippen LogP contribution is -2.41. The van der Waals surface area contributed by atoms with Crippen LogP contribution in [0, 0.1) is 6.92 Å². The fourth-order valence-corrected chi connectivity index (χ4v) is 4.39. The van der Waals surface area contributed by atoms with E-state index >= 15 is 0 Å². The Morgan fingerprint density at radius 3 is 2.60 bits per heavy atom. The Labute approximate surface area is 127 Å². The monoisotopic (exact) mass is 293 g/mol. The van der Waals surface area contributed by atoms with E-state index in [2.05, 4.69) is 21.7 Å². The number of aryl methyl sites for hydroxylation is 1. The Bertz CT molecular complexity index is 412. The van der Waals surface area contributed by atoms with Crippen LogP contribution in [-0.4, -0.2) is 54.1 Å². The Balaban J connectivity index is 1.47. The molecule has 0 aromatic carbocycles. The van der Waals surface area contributed by atoms with Crippen molar-refractivity contribution in [1.29, 1.82) is 0 Å². The van der Waals surface area contributed by atoms with Crippen LogP contribution in [0.2, 0.25) is 0 Å². The summed E-state index contributed by atoms with van der Waals surface area (Å²) < 4.78 is 0. The van der Waals surface area contributed by atoms with Crippen molar-refractivity contribution < 1.29 is 0 Å². The molecule has 2 aliphatic rings. The lowest BCUT2D eigenvalue weighted by atomic mass is 9.99. The van der Waals surface area contributed by atoms with E-state index in [-0.39, 0.29) is 0 Å². The molecular weight excluding hydrogens is 266 g/mol. The number of aromatic nitrogens is 1. The van der Waals surface area contributed by atoms with Gasteiger partial charge in [0.25, 0.3) is 0 Å². The van der Waals surface area contributed by atoms with Crippen molar-refractivity contribution >= 4 is 11.3 Å². The minimum atomic E-state index is 0.684. The first kappa shape index (κ1) is 14.5. The van der Waals surface area contributed by atoms with Crippen molar-refractivity contribution in [1.82, 2.24) is 14.8 Å². The summed E-state index contributed by atoms with van der Waals surface area (Å²) >= 11 is 1.89. The molecule has 2 aliphatic heterocycles. The molecule has 4 heteroatoms.